The first kappa shape index (κ1) is 82.3. The molecule has 4 heteroatoms. The summed E-state index contributed by atoms with van der Waals surface area (Å²) in [6.07, 6.45) is 106. The fourth-order valence-corrected chi connectivity index (χ4v) is 12.5. The average Bonchev–Trinajstić information content (AvgIpc) is 3.51. The number of unbranched alkanes of at least 4 members (excludes halogenated alkanes) is 58. The number of allylic oxidation sites excluding steroid dienone is 8. The van der Waals surface area contributed by atoms with Gasteiger partial charge in [-0.15, -0.1) is 0 Å². The van der Waals surface area contributed by atoms with Crippen molar-refractivity contribution in [3.63, 3.8) is 0 Å². The van der Waals surface area contributed by atoms with Gasteiger partial charge in [-0.2, -0.15) is 0 Å². The predicted octanol–water partition coefficient (Wildman–Crippen LogP) is 26.8. The maximum atomic E-state index is 12.6. The number of carbonyl (C=O) groups excluding carboxylic acids is 1. The summed E-state index contributed by atoms with van der Waals surface area (Å²) < 4.78 is 0. The van der Waals surface area contributed by atoms with E-state index in [0.29, 0.717) is 12.8 Å². The van der Waals surface area contributed by atoms with Gasteiger partial charge in [-0.1, -0.05) is 428 Å². The molecule has 0 aromatic rings. The zero-order valence-corrected chi connectivity index (χ0v) is 57.5. The van der Waals surface area contributed by atoms with Crippen molar-refractivity contribution < 1.29 is 15.0 Å². The highest BCUT2D eigenvalue weighted by Gasteiger charge is 2.20. The normalized spacial score (nSPS) is 12.9. The molecule has 0 saturated heterocycles. The number of carbonyl (C=O) groups is 1. The van der Waals surface area contributed by atoms with Crippen molar-refractivity contribution in [2.45, 2.75) is 450 Å². The number of aliphatic hydroxyl groups excluding tert-OH is 2. The summed E-state index contributed by atoms with van der Waals surface area (Å²) in [5.41, 5.74) is 0. The van der Waals surface area contributed by atoms with Crippen molar-refractivity contribution in [1.29, 1.82) is 0 Å². The third-order valence-corrected chi connectivity index (χ3v) is 18.4. The monoisotopic (exact) mass is 1180 g/mol. The van der Waals surface area contributed by atoms with Gasteiger partial charge in [0.15, 0.2) is 0 Å². The van der Waals surface area contributed by atoms with E-state index in [1.807, 2.05) is 0 Å². The van der Waals surface area contributed by atoms with E-state index in [1.54, 1.807) is 0 Å². The van der Waals surface area contributed by atoms with Crippen LogP contribution in [0.15, 0.2) is 48.6 Å². The van der Waals surface area contributed by atoms with Gasteiger partial charge in [0.1, 0.15) is 0 Å². The van der Waals surface area contributed by atoms with Crippen LogP contribution in [0.3, 0.4) is 0 Å². The Hall–Kier alpha value is -1.65. The zero-order valence-electron chi connectivity index (χ0n) is 57.5. The molecular formula is C80H153NO3. The highest BCUT2D eigenvalue weighted by atomic mass is 16.3. The minimum Gasteiger partial charge on any atom is -0.394 e. The summed E-state index contributed by atoms with van der Waals surface area (Å²) in [7, 11) is 0. The van der Waals surface area contributed by atoms with Gasteiger partial charge < -0.3 is 15.5 Å². The second-order valence-electron chi connectivity index (χ2n) is 26.8. The lowest BCUT2D eigenvalue weighted by atomic mass is 10.0. The number of nitrogens with one attached hydrogen (secondary N) is 1. The molecule has 0 aliphatic rings. The Kier molecular flexibility index (Phi) is 74.1. The number of aliphatic hydroxyl groups is 2. The van der Waals surface area contributed by atoms with E-state index in [0.717, 1.165) is 51.4 Å². The van der Waals surface area contributed by atoms with Crippen molar-refractivity contribution >= 4 is 5.91 Å². The van der Waals surface area contributed by atoms with E-state index in [2.05, 4.69) is 67.8 Å². The molecule has 2 unspecified atom stereocenters. The minimum absolute atomic E-state index is 0.0211. The smallest absolute Gasteiger partial charge is 0.220 e. The Balaban J connectivity index is 3.36. The van der Waals surface area contributed by atoms with Gasteiger partial charge in [-0.25, -0.2) is 0 Å². The van der Waals surface area contributed by atoms with E-state index in [1.165, 1.54) is 360 Å². The quantitative estimate of drug-likeness (QED) is 0.0420. The first-order valence-electron chi connectivity index (χ1n) is 38.8. The lowest BCUT2D eigenvalue weighted by Gasteiger charge is -2.22. The van der Waals surface area contributed by atoms with Gasteiger partial charge in [0.25, 0.3) is 0 Å². The van der Waals surface area contributed by atoms with Crippen LogP contribution in [0, 0.1) is 0 Å². The summed E-state index contributed by atoms with van der Waals surface area (Å²) in [6.45, 7) is 4.30. The molecule has 1 amide bonds. The van der Waals surface area contributed by atoms with Gasteiger partial charge in [-0.3, -0.25) is 4.79 Å². The Morgan fingerprint density at radius 2 is 0.524 bits per heavy atom. The van der Waals surface area contributed by atoms with Crippen LogP contribution >= 0.6 is 0 Å². The summed E-state index contributed by atoms with van der Waals surface area (Å²) in [6, 6.07) is -0.537. The SMILES string of the molecule is CC/C=C\C/C=C\C/C=C\C/C=C\CCCCCCCCCCCCCCCCCCCCCCCCCCCCC(=O)NC(CO)C(O)CCCCCCCCCCCCCCCCCCCCCCCCCCCCCCCCCCC. The van der Waals surface area contributed by atoms with Crippen molar-refractivity contribution in [1.82, 2.24) is 5.32 Å². The van der Waals surface area contributed by atoms with Crippen molar-refractivity contribution in [2.75, 3.05) is 6.61 Å². The van der Waals surface area contributed by atoms with Crippen LogP contribution in [0.4, 0.5) is 0 Å². The standard InChI is InChI=1S/C80H153NO3/c1-3-5-7-9-11-13-15-17-19-21-23-25-27-29-31-33-35-37-38-39-40-41-42-44-46-48-50-52-54-56-58-60-62-64-66-68-70-72-74-76-80(84)81-78(77-82)79(83)75-73-71-69-67-65-63-61-59-57-55-53-51-49-47-45-43-36-34-32-30-28-26-24-22-20-18-16-14-12-10-8-6-4-2/h5,7,11,13,17,19,23,25,78-79,82-83H,3-4,6,8-10,12,14-16,18,20-22,24,26-77H2,1-2H3,(H,81,84)/b7-5-,13-11-,19-17-,25-23-. The van der Waals surface area contributed by atoms with Crippen LogP contribution < -0.4 is 5.32 Å². The van der Waals surface area contributed by atoms with Crippen molar-refractivity contribution in [3.8, 4) is 0 Å². The van der Waals surface area contributed by atoms with E-state index >= 15 is 0 Å². The Labute approximate surface area is 528 Å². The van der Waals surface area contributed by atoms with Crippen molar-refractivity contribution in [2.24, 2.45) is 0 Å². The van der Waals surface area contributed by atoms with Gasteiger partial charge in [0.2, 0.25) is 5.91 Å². The van der Waals surface area contributed by atoms with Crippen LogP contribution in [0.5, 0.6) is 0 Å². The summed E-state index contributed by atoms with van der Waals surface area (Å²) in [4.78, 5) is 12.6. The van der Waals surface area contributed by atoms with Gasteiger partial charge in [0, 0.05) is 6.42 Å². The predicted molar refractivity (Wildman–Crippen MR) is 378 cm³/mol. The molecule has 0 aromatic heterocycles. The van der Waals surface area contributed by atoms with Crippen LogP contribution in [0.1, 0.15) is 438 Å². The summed E-state index contributed by atoms with van der Waals surface area (Å²) >= 11 is 0. The molecule has 84 heavy (non-hydrogen) atoms. The Morgan fingerprint density at radius 3 is 0.786 bits per heavy atom. The second kappa shape index (κ2) is 75.6. The summed E-state index contributed by atoms with van der Waals surface area (Å²) in [5.74, 6) is -0.0211. The van der Waals surface area contributed by atoms with Gasteiger partial charge in [-0.05, 0) is 51.4 Å². The van der Waals surface area contributed by atoms with Gasteiger partial charge >= 0.3 is 0 Å². The highest BCUT2D eigenvalue weighted by molar-refractivity contribution is 5.76. The highest BCUT2D eigenvalue weighted by Crippen LogP contribution is 2.20. The van der Waals surface area contributed by atoms with Crippen molar-refractivity contribution in [3.05, 3.63) is 48.6 Å². The molecule has 496 valence electrons. The van der Waals surface area contributed by atoms with E-state index in [4.69, 9.17) is 0 Å². The molecule has 0 spiro atoms. The molecule has 0 bridgehead atoms. The molecule has 4 nitrogen and oxygen atoms in total. The third-order valence-electron chi connectivity index (χ3n) is 18.4. The maximum Gasteiger partial charge on any atom is 0.220 e. The lowest BCUT2D eigenvalue weighted by Crippen LogP contribution is -2.45. The lowest BCUT2D eigenvalue weighted by molar-refractivity contribution is -0.123. The number of hydrogen-bond donors (Lipinski definition) is 3. The van der Waals surface area contributed by atoms with E-state index < -0.39 is 12.1 Å². The first-order valence-corrected chi connectivity index (χ1v) is 38.8. The molecule has 0 aliphatic carbocycles. The topological polar surface area (TPSA) is 69.6 Å². The maximum absolute atomic E-state index is 12.6. The molecule has 0 aliphatic heterocycles. The Bertz CT molecular complexity index is 1340. The van der Waals surface area contributed by atoms with E-state index in [-0.39, 0.29) is 12.5 Å². The fourth-order valence-electron chi connectivity index (χ4n) is 12.5. The summed E-state index contributed by atoms with van der Waals surface area (Å²) in [5, 5.41) is 23.5. The van der Waals surface area contributed by atoms with Crippen LogP contribution in [0.25, 0.3) is 0 Å². The number of hydrogen-bond acceptors (Lipinski definition) is 3. The number of rotatable bonds is 73. The molecule has 0 radical (unpaired) electrons. The van der Waals surface area contributed by atoms with Crippen LogP contribution in [-0.2, 0) is 4.79 Å². The first-order chi connectivity index (χ1) is 41.7. The van der Waals surface area contributed by atoms with E-state index in [9.17, 15) is 15.0 Å². The molecule has 3 N–H and O–H groups in total. The molecule has 2 atom stereocenters. The molecule has 0 aromatic carbocycles. The third kappa shape index (κ3) is 71.1. The minimum atomic E-state index is -0.660. The molecule has 0 fully saturated rings. The van der Waals surface area contributed by atoms with Crippen LogP contribution in [0.2, 0.25) is 0 Å². The molecule has 0 saturated carbocycles. The zero-order chi connectivity index (χ0) is 60.5. The van der Waals surface area contributed by atoms with Crippen LogP contribution in [-0.4, -0.2) is 34.9 Å². The largest absolute Gasteiger partial charge is 0.394 e. The fraction of sp³-hybridized carbons (Fsp3) is 0.887. The molecule has 0 heterocycles. The Morgan fingerprint density at radius 1 is 0.298 bits per heavy atom. The molecule has 0 rings (SSSR count). The molecular weight excluding hydrogens is 1020 g/mol. The van der Waals surface area contributed by atoms with Gasteiger partial charge in [0.05, 0.1) is 18.8 Å². The second-order valence-corrected chi connectivity index (χ2v) is 26.8. The number of amides is 1. The average molecular weight is 1180 g/mol.